The van der Waals surface area contributed by atoms with E-state index in [4.69, 9.17) is 9.47 Å². The molecular weight excluding hydrogens is 584 g/mol. The molecule has 0 spiro atoms. The van der Waals surface area contributed by atoms with Crippen LogP contribution in [-0.2, 0) is 13.0 Å². The zero-order chi connectivity index (χ0) is 30.6. The number of para-hydroxylation sites is 2. The molecule has 0 amide bonds. The van der Waals surface area contributed by atoms with E-state index in [-0.39, 0.29) is 5.88 Å². The lowest BCUT2D eigenvalue weighted by Gasteiger charge is -2.36. The van der Waals surface area contributed by atoms with Crippen molar-refractivity contribution in [2.24, 2.45) is 0 Å². The fraction of sp³-hybridized carbons (Fsp3) is 0.222. The molecule has 0 saturated carbocycles. The van der Waals surface area contributed by atoms with Crippen molar-refractivity contribution in [1.82, 2.24) is 14.9 Å². The van der Waals surface area contributed by atoms with Gasteiger partial charge in [-0.15, -0.1) is 11.3 Å². The van der Waals surface area contributed by atoms with E-state index in [1.165, 1.54) is 5.69 Å². The number of carboxylic acid groups (broad SMARTS) is 1. The minimum absolute atomic E-state index is 0.267. The SMILES string of the molecule is O=C(O)Oc1[nH]c2c(-c3ccccc3N3CCN(Cc4cscn4)CC3)cccc2c1CCCOc1cccc2ccccc12. The number of aromatic amines is 1. The van der Waals surface area contributed by atoms with Gasteiger partial charge in [0, 0.05) is 71.3 Å². The van der Waals surface area contributed by atoms with Crippen molar-refractivity contribution in [2.45, 2.75) is 19.4 Å². The molecule has 6 aromatic rings. The number of thiazole rings is 1. The van der Waals surface area contributed by atoms with Crippen LogP contribution in [0.1, 0.15) is 17.7 Å². The van der Waals surface area contributed by atoms with Crippen LogP contribution < -0.4 is 14.4 Å². The van der Waals surface area contributed by atoms with Gasteiger partial charge in [-0.3, -0.25) is 4.90 Å². The number of aromatic nitrogens is 2. The maximum atomic E-state index is 11.7. The number of aryl methyl sites for hydroxylation is 1. The highest BCUT2D eigenvalue weighted by Gasteiger charge is 2.23. The molecular formula is C36H34N4O4S. The second-order valence-corrected chi connectivity index (χ2v) is 11.9. The molecule has 0 radical (unpaired) electrons. The Bertz CT molecular complexity index is 1920. The first-order valence-electron chi connectivity index (χ1n) is 15.2. The van der Waals surface area contributed by atoms with Crippen molar-refractivity contribution >= 4 is 44.9 Å². The number of nitrogens with zero attached hydrogens (tertiary/aromatic N) is 3. The molecule has 45 heavy (non-hydrogen) atoms. The molecule has 228 valence electrons. The number of carbonyl (C=O) groups is 1. The van der Waals surface area contributed by atoms with Crippen molar-refractivity contribution in [2.75, 3.05) is 37.7 Å². The summed E-state index contributed by atoms with van der Waals surface area (Å²) in [5.41, 5.74) is 8.01. The van der Waals surface area contributed by atoms with Crippen LogP contribution in [0, 0.1) is 0 Å². The number of piperazine rings is 1. The summed E-state index contributed by atoms with van der Waals surface area (Å²) in [4.78, 5) is 24.4. The third kappa shape index (κ3) is 6.22. The maximum absolute atomic E-state index is 11.7. The topological polar surface area (TPSA) is 90.9 Å². The van der Waals surface area contributed by atoms with Gasteiger partial charge in [0.1, 0.15) is 5.75 Å². The van der Waals surface area contributed by atoms with Gasteiger partial charge >= 0.3 is 6.16 Å². The summed E-state index contributed by atoms with van der Waals surface area (Å²) < 4.78 is 11.5. The van der Waals surface area contributed by atoms with Crippen molar-refractivity contribution in [3.8, 4) is 22.8 Å². The van der Waals surface area contributed by atoms with Crippen LogP contribution in [0.4, 0.5) is 10.5 Å². The lowest BCUT2D eigenvalue weighted by atomic mass is 9.98. The zero-order valence-electron chi connectivity index (χ0n) is 24.8. The number of ether oxygens (including phenoxy) is 2. The number of benzene rings is 4. The predicted octanol–water partition coefficient (Wildman–Crippen LogP) is 7.84. The quantitative estimate of drug-likeness (QED) is 0.119. The van der Waals surface area contributed by atoms with Crippen LogP contribution >= 0.6 is 11.3 Å². The summed E-state index contributed by atoms with van der Waals surface area (Å²) in [5, 5.41) is 14.8. The van der Waals surface area contributed by atoms with E-state index in [1.54, 1.807) is 11.3 Å². The van der Waals surface area contributed by atoms with Crippen LogP contribution in [0.5, 0.6) is 11.6 Å². The number of rotatable bonds is 10. The van der Waals surface area contributed by atoms with E-state index in [0.29, 0.717) is 19.4 Å². The van der Waals surface area contributed by atoms with Crippen molar-refractivity contribution in [1.29, 1.82) is 0 Å². The standard InChI is InChI=1S/C36H34N4O4S/c41-36(42)44-35-31(14-7-21-43-33-16-5-9-25-8-1-2-10-27(25)33)30-13-6-12-29(34(30)38-35)28-11-3-4-15-32(28)40-19-17-39(18-20-40)22-26-23-45-24-37-26/h1-6,8-13,15-16,23-24,38H,7,14,17-22H2,(H,41,42). The van der Waals surface area contributed by atoms with E-state index in [0.717, 1.165) is 82.5 Å². The van der Waals surface area contributed by atoms with Crippen LogP contribution in [0.3, 0.4) is 0 Å². The summed E-state index contributed by atoms with van der Waals surface area (Å²) in [6.45, 7) is 5.11. The van der Waals surface area contributed by atoms with Gasteiger partial charge in [0.25, 0.3) is 0 Å². The Morgan fingerprint density at radius 2 is 1.64 bits per heavy atom. The predicted molar refractivity (Wildman–Crippen MR) is 180 cm³/mol. The van der Waals surface area contributed by atoms with E-state index in [2.05, 4.69) is 73.7 Å². The highest BCUT2D eigenvalue weighted by molar-refractivity contribution is 7.07. The summed E-state index contributed by atoms with van der Waals surface area (Å²) in [5.74, 6) is 1.11. The molecule has 7 rings (SSSR count). The number of anilines is 1. The van der Waals surface area contributed by atoms with Crippen molar-refractivity contribution < 1.29 is 19.4 Å². The number of fused-ring (bicyclic) bond motifs is 2. The first-order valence-corrected chi connectivity index (χ1v) is 16.2. The van der Waals surface area contributed by atoms with Crippen molar-refractivity contribution in [3.63, 3.8) is 0 Å². The van der Waals surface area contributed by atoms with Crippen LogP contribution in [0.25, 0.3) is 32.8 Å². The van der Waals surface area contributed by atoms with E-state index in [1.807, 2.05) is 41.9 Å². The highest BCUT2D eigenvalue weighted by Crippen LogP contribution is 2.39. The average molecular weight is 619 g/mol. The van der Waals surface area contributed by atoms with E-state index < -0.39 is 6.16 Å². The number of hydrogen-bond donors (Lipinski definition) is 2. The molecule has 8 nitrogen and oxygen atoms in total. The van der Waals surface area contributed by atoms with Crippen LogP contribution in [0.2, 0.25) is 0 Å². The second kappa shape index (κ2) is 13.0. The van der Waals surface area contributed by atoms with Crippen molar-refractivity contribution in [3.05, 3.63) is 107 Å². The Balaban J connectivity index is 1.12. The molecule has 0 unspecified atom stereocenters. The van der Waals surface area contributed by atoms with E-state index >= 15 is 0 Å². The molecule has 1 saturated heterocycles. The second-order valence-electron chi connectivity index (χ2n) is 11.2. The Morgan fingerprint density at radius 1 is 0.889 bits per heavy atom. The molecule has 4 aromatic carbocycles. The van der Waals surface area contributed by atoms with Gasteiger partial charge < -0.3 is 24.5 Å². The summed E-state index contributed by atoms with van der Waals surface area (Å²) >= 11 is 1.64. The van der Waals surface area contributed by atoms with Gasteiger partial charge in [-0.2, -0.15) is 0 Å². The molecule has 0 aliphatic carbocycles. The summed E-state index contributed by atoms with van der Waals surface area (Å²) in [6, 6.07) is 28.8. The van der Waals surface area contributed by atoms with Gasteiger partial charge in [-0.05, 0) is 30.4 Å². The zero-order valence-corrected chi connectivity index (χ0v) is 25.6. The minimum atomic E-state index is -1.34. The molecule has 2 N–H and O–H groups in total. The molecule has 1 aliphatic heterocycles. The number of nitrogens with one attached hydrogen (secondary N) is 1. The van der Waals surface area contributed by atoms with Crippen LogP contribution in [0.15, 0.2) is 95.8 Å². The molecule has 0 atom stereocenters. The Kier molecular flexibility index (Phi) is 8.35. The van der Waals surface area contributed by atoms with Gasteiger partial charge in [-0.1, -0.05) is 72.8 Å². The first kappa shape index (κ1) is 28.9. The highest BCUT2D eigenvalue weighted by atomic mass is 32.1. The third-order valence-corrected chi connectivity index (χ3v) is 9.08. The average Bonchev–Trinajstić information content (AvgIpc) is 3.71. The Hall–Kier alpha value is -4.86. The Morgan fingerprint density at radius 3 is 2.49 bits per heavy atom. The summed E-state index contributed by atoms with van der Waals surface area (Å²) in [7, 11) is 0. The van der Waals surface area contributed by atoms with Gasteiger partial charge in [0.2, 0.25) is 5.88 Å². The number of hydrogen-bond acceptors (Lipinski definition) is 7. The molecule has 2 aromatic heterocycles. The normalized spacial score (nSPS) is 13.8. The number of H-pyrrole nitrogens is 1. The molecule has 9 heteroatoms. The molecule has 3 heterocycles. The van der Waals surface area contributed by atoms with Gasteiger partial charge in [0.15, 0.2) is 0 Å². The third-order valence-electron chi connectivity index (χ3n) is 8.45. The molecule has 1 fully saturated rings. The first-order chi connectivity index (χ1) is 22.1. The lowest BCUT2D eigenvalue weighted by molar-refractivity contribution is 0.142. The lowest BCUT2D eigenvalue weighted by Crippen LogP contribution is -2.46. The molecule has 0 bridgehead atoms. The van der Waals surface area contributed by atoms with Gasteiger partial charge in [0.05, 0.1) is 23.3 Å². The fourth-order valence-electron chi connectivity index (χ4n) is 6.32. The largest absolute Gasteiger partial charge is 0.512 e. The summed E-state index contributed by atoms with van der Waals surface area (Å²) in [6.07, 6.45) is -0.0512. The van der Waals surface area contributed by atoms with Gasteiger partial charge in [-0.25, -0.2) is 9.78 Å². The van der Waals surface area contributed by atoms with E-state index in [9.17, 15) is 9.90 Å². The monoisotopic (exact) mass is 618 g/mol. The smallest absolute Gasteiger partial charge is 0.493 e. The minimum Gasteiger partial charge on any atom is -0.493 e. The molecule has 1 aliphatic rings. The maximum Gasteiger partial charge on any atom is 0.512 e. The fourth-order valence-corrected chi connectivity index (χ4v) is 6.87. The Labute approximate surface area is 265 Å². The van der Waals surface area contributed by atoms with Crippen LogP contribution in [-0.4, -0.2) is 58.9 Å².